The van der Waals surface area contributed by atoms with Crippen LogP contribution >= 0.6 is 0 Å². The molecule has 0 aliphatic heterocycles. The van der Waals surface area contributed by atoms with E-state index in [-0.39, 0.29) is 0 Å². The van der Waals surface area contributed by atoms with Crippen molar-refractivity contribution < 1.29 is 0 Å². The molecule has 0 bridgehead atoms. The van der Waals surface area contributed by atoms with Gasteiger partial charge in [0.05, 0.1) is 0 Å². The summed E-state index contributed by atoms with van der Waals surface area (Å²) in [4.78, 5) is 2.34. The summed E-state index contributed by atoms with van der Waals surface area (Å²) < 4.78 is 0. The number of nitrogens with two attached hydrogens (primary N) is 1. The minimum Gasteiger partial charge on any atom is -0.375 e. The Morgan fingerprint density at radius 1 is 1.22 bits per heavy atom. The topological polar surface area (TPSA) is 29.3 Å². The van der Waals surface area contributed by atoms with Crippen molar-refractivity contribution in [1.29, 1.82) is 0 Å². The van der Waals surface area contributed by atoms with E-state index in [4.69, 9.17) is 5.73 Å². The lowest BCUT2D eigenvalue weighted by molar-refractivity contribution is 0.306. The van der Waals surface area contributed by atoms with E-state index in [1.165, 1.54) is 24.1 Å². The average Bonchev–Trinajstić information content (AvgIpc) is 2.28. The fourth-order valence-electron chi connectivity index (χ4n) is 2.31. The van der Waals surface area contributed by atoms with Gasteiger partial charge < -0.3 is 10.6 Å². The van der Waals surface area contributed by atoms with Gasteiger partial charge in [0.25, 0.3) is 0 Å². The fourth-order valence-corrected chi connectivity index (χ4v) is 2.31. The Balaban J connectivity index is 2.40. The van der Waals surface area contributed by atoms with Gasteiger partial charge in [-0.15, -0.1) is 0 Å². The van der Waals surface area contributed by atoms with Crippen LogP contribution in [0.15, 0.2) is 24.3 Å². The Hall–Kier alpha value is -1.02. The van der Waals surface area contributed by atoms with E-state index in [0.717, 1.165) is 19.5 Å². The standard InChI is InChI=1S/C16H28N2/c1-14-7-5-8-15(13-14)18(4)12-6-9-16(2,3)10-11-17/h5,7-8,13H,6,9-12,17H2,1-4H3. The quantitative estimate of drug-likeness (QED) is 0.799. The molecule has 1 aromatic carbocycles. The summed E-state index contributed by atoms with van der Waals surface area (Å²) in [5, 5.41) is 0. The lowest BCUT2D eigenvalue weighted by Gasteiger charge is -2.26. The predicted molar refractivity (Wildman–Crippen MR) is 81.1 cm³/mol. The maximum Gasteiger partial charge on any atom is 0.0366 e. The Morgan fingerprint density at radius 2 is 1.94 bits per heavy atom. The molecule has 2 N–H and O–H groups in total. The summed E-state index contributed by atoms with van der Waals surface area (Å²) >= 11 is 0. The van der Waals surface area contributed by atoms with Gasteiger partial charge in [0.15, 0.2) is 0 Å². The van der Waals surface area contributed by atoms with Crippen LogP contribution in [0.25, 0.3) is 0 Å². The number of hydrogen-bond donors (Lipinski definition) is 1. The molecule has 0 aliphatic carbocycles. The van der Waals surface area contributed by atoms with E-state index in [1.807, 2.05) is 0 Å². The molecule has 18 heavy (non-hydrogen) atoms. The number of nitrogens with zero attached hydrogens (tertiary/aromatic N) is 1. The van der Waals surface area contributed by atoms with Gasteiger partial charge >= 0.3 is 0 Å². The van der Waals surface area contributed by atoms with Gasteiger partial charge in [0.1, 0.15) is 0 Å². The third-order valence-electron chi connectivity index (χ3n) is 3.61. The van der Waals surface area contributed by atoms with Gasteiger partial charge in [0, 0.05) is 19.3 Å². The van der Waals surface area contributed by atoms with Crippen LogP contribution in [0.2, 0.25) is 0 Å². The largest absolute Gasteiger partial charge is 0.375 e. The molecule has 0 saturated carbocycles. The van der Waals surface area contributed by atoms with E-state index in [9.17, 15) is 0 Å². The van der Waals surface area contributed by atoms with Crippen LogP contribution in [-0.4, -0.2) is 20.1 Å². The molecule has 0 amide bonds. The van der Waals surface area contributed by atoms with E-state index >= 15 is 0 Å². The summed E-state index contributed by atoms with van der Waals surface area (Å²) in [5.41, 5.74) is 8.65. The van der Waals surface area contributed by atoms with Gasteiger partial charge in [-0.1, -0.05) is 26.0 Å². The molecule has 0 aromatic heterocycles. The predicted octanol–water partition coefficient (Wildman–Crippen LogP) is 3.59. The van der Waals surface area contributed by atoms with Crippen molar-refractivity contribution in [1.82, 2.24) is 0 Å². The summed E-state index contributed by atoms with van der Waals surface area (Å²) in [6.45, 7) is 8.67. The molecule has 1 aromatic rings. The Kier molecular flexibility index (Phi) is 5.67. The summed E-state index contributed by atoms with van der Waals surface area (Å²) in [6.07, 6.45) is 3.57. The molecular weight excluding hydrogens is 220 g/mol. The van der Waals surface area contributed by atoms with E-state index in [0.29, 0.717) is 5.41 Å². The third-order valence-corrected chi connectivity index (χ3v) is 3.61. The second-order valence-corrected chi connectivity index (χ2v) is 6.07. The average molecular weight is 248 g/mol. The molecule has 0 heterocycles. The smallest absolute Gasteiger partial charge is 0.0366 e. The van der Waals surface area contributed by atoms with Crippen LogP contribution in [0.1, 0.15) is 38.7 Å². The van der Waals surface area contributed by atoms with Crippen LogP contribution in [-0.2, 0) is 0 Å². The second-order valence-electron chi connectivity index (χ2n) is 6.07. The molecule has 0 fully saturated rings. The molecule has 0 saturated heterocycles. The van der Waals surface area contributed by atoms with Crippen LogP contribution in [0.3, 0.4) is 0 Å². The maximum absolute atomic E-state index is 5.64. The zero-order chi connectivity index (χ0) is 13.6. The Morgan fingerprint density at radius 3 is 2.56 bits per heavy atom. The van der Waals surface area contributed by atoms with Crippen molar-refractivity contribution in [2.75, 3.05) is 25.0 Å². The molecule has 1 rings (SSSR count). The maximum atomic E-state index is 5.64. The summed E-state index contributed by atoms with van der Waals surface area (Å²) in [6, 6.07) is 8.68. The van der Waals surface area contributed by atoms with Crippen molar-refractivity contribution in [3.8, 4) is 0 Å². The first kappa shape index (κ1) is 15.0. The number of anilines is 1. The molecule has 102 valence electrons. The lowest BCUT2D eigenvalue weighted by atomic mass is 9.84. The highest BCUT2D eigenvalue weighted by molar-refractivity contribution is 5.47. The number of benzene rings is 1. The van der Waals surface area contributed by atoms with Crippen molar-refractivity contribution in [2.45, 2.75) is 40.0 Å². The molecule has 0 radical (unpaired) electrons. The van der Waals surface area contributed by atoms with Gasteiger partial charge in [-0.3, -0.25) is 0 Å². The van der Waals surface area contributed by atoms with Crippen molar-refractivity contribution in [2.24, 2.45) is 11.1 Å². The first-order chi connectivity index (χ1) is 8.44. The normalized spacial score (nSPS) is 11.6. The molecule has 0 aliphatic rings. The summed E-state index contributed by atoms with van der Waals surface area (Å²) in [7, 11) is 2.17. The van der Waals surface area contributed by atoms with E-state index < -0.39 is 0 Å². The Bertz CT molecular complexity index is 358. The van der Waals surface area contributed by atoms with Crippen LogP contribution < -0.4 is 10.6 Å². The van der Waals surface area contributed by atoms with Crippen molar-refractivity contribution in [3.63, 3.8) is 0 Å². The van der Waals surface area contributed by atoms with E-state index in [2.05, 4.69) is 57.0 Å². The molecular formula is C16H28N2. The second kappa shape index (κ2) is 6.79. The fraction of sp³-hybridized carbons (Fsp3) is 0.625. The van der Waals surface area contributed by atoms with Gasteiger partial charge in [-0.2, -0.15) is 0 Å². The zero-order valence-electron chi connectivity index (χ0n) is 12.4. The minimum absolute atomic E-state index is 0.377. The first-order valence-corrected chi connectivity index (χ1v) is 6.92. The molecule has 0 atom stereocenters. The number of rotatable bonds is 7. The Labute approximate surface area is 112 Å². The van der Waals surface area contributed by atoms with Crippen LogP contribution in [0, 0.1) is 12.3 Å². The number of hydrogen-bond acceptors (Lipinski definition) is 2. The highest BCUT2D eigenvalue weighted by Crippen LogP contribution is 2.26. The third kappa shape index (κ3) is 5.09. The first-order valence-electron chi connectivity index (χ1n) is 6.92. The lowest BCUT2D eigenvalue weighted by Crippen LogP contribution is -2.22. The van der Waals surface area contributed by atoms with Gasteiger partial charge in [-0.05, 0) is 55.8 Å². The molecule has 2 nitrogen and oxygen atoms in total. The minimum atomic E-state index is 0.377. The zero-order valence-corrected chi connectivity index (χ0v) is 12.4. The monoisotopic (exact) mass is 248 g/mol. The highest BCUT2D eigenvalue weighted by atomic mass is 15.1. The van der Waals surface area contributed by atoms with Crippen molar-refractivity contribution >= 4 is 5.69 Å². The number of aryl methyl sites for hydroxylation is 1. The molecule has 2 heteroatoms. The SMILES string of the molecule is Cc1cccc(N(C)CCCC(C)(C)CCN)c1. The molecule has 0 unspecified atom stereocenters. The van der Waals surface area contributed by atoms with E-state index in [1.54, 1.807) is 0 Å². The van der Waals surface area contributed by atoms with Crippen LogP contribution in [0.5, 0.6) is 0 Å². The van der Waals surface area contributed by atoms with Crippen LogP contribution in [0.4, 0.5) is 5.69 Å². The summed E-state index contributed by atoms with van der Waals surface area (Å²) in [5.74, 6) is 0. The van der Waals surface area contributed by atoms with Crippen molar-refractivity contribution in [3.05, 3.63) is 29.8 Å². The van der Waals surface area contributed by atoms with Gasteiger partial charge in [-0.25, -0.2) is 0 Å². The molecule has 0 spiro atoms. The van der Waals surface area contributed by atoms with Gasteiger partial charge in [0.2, 0.25) is 0 Å². The highest BCUT2D eigenvalue weighted by Gasteiger charge is 2.16.